The van der Waals surface area contributed by atoms with Gasteiger partial charge in [-0.3, -0.25) is 4.79 Å². The molecule has 2 bridgehead atoms. The van der Waals surface area contributed by atoms with Crippen LogP contribution < -0.4 is 0 Å². The number of aliphatic hydroxyl groups excluding tert-OH is 2. The second-order valence-corrected chi connectivity index (χ2v) is 9.34. The highest BCUT2D eigenvalue weighted by Crippen LogP contribution is 2.71. The average Bonchev–Trinajstić information content (AvgIpc) is 2.75. The first-order valence-corrected chi connectivity index (χ1v) is 9.33. The Morgan fingerprint density at radius 2 is 1.91 bits per heavy atom. The number of carbonyl (C=O) groups excluding carboxylic acids is 1. The zero-order valence-electron chi connectivity index (χ0n) is 14.3. The first-order chi connectivity index (χ1) is 10.9. The molecule has 4 fully saturated rings. The molecule has 4 rings (SSSR count). The summed E-state index contributed by atoms with van der Waals surface area (Å²) in [7, 11) is 0. The monoisotopic (exact) mass is 318 g/mol. The maximum atomic E-state index is 13.3. The molecule has 4 aliphatic carbocycles. The largest absolute Gasteiger partial charge is 0.396 e. The maximum absolute atomic E-state index is 13.3. The van der Waals surface area contributed by atoms with Crippen molar-refractivity contribution < 1.29 is 15.0 Å². The molecule has 0 aromatic rings. The molecular formula is C20H30O3. The van der Waals surface area contributed by atoms with E-state index < -0.39 is 5.41 Å². The van der Waals surface area contributed by atoms with Crippen molar-refractivity contribution in [3.8, 4) is 0 Å². The highest BCUT2D eigenvalue weighted by molar-refractivity contribution is 5.85. The fourth-order valence-corrected chi connectivity index (χ4v) is 7.57. The summed E-state index contributed by atoms with van der Waals surface area (Å²) >= 11 is 0. The Kier molecular flexibility index (Phi) is 3.39. The number of aliphatic hydroxyl groups is 2. The summed E-state index contributed by atoms with van der Waals surface area (Å²) in [5.41, 5.74) is 0.845. The zero-order chi connectivity index (χ0) is 16.5. The Balaban J connectivity index is 1.80. The Bertz CT molecular complexity index is 549. The molecule has 3 heteroatoms. The second kappa shape index (κ2) is 4.92. The van der Waals surface area contributed by atoms with Gasteiger partial charge in [0.15, 0.2) is 0 Å². The fraction of sp³-hybridized carbons (Fsp3) is 0.850. The van der Waals surface area contributed by atoms with Crippen molar-refractivity contribution in [3.63, 3.8) is 0 Å². The lowest BCUT2D eigenvalue weighted by Gasteiger charge is -2.63. The van der Waals surface area contributed by atoms with Crippen molar-refractivity contribution in [2.24, 2.45) is 34.0 Å². The Morgan fingerprint density at radius 3 is 2.61 bits per heavy atom. The zero-order valence-corrected chi connectivity index (χ0v) is 14.3. The van der Waals surface area contributed by atoms with Gasteiger partial charge in [0.1, 0.15) is 5.78 Å². The van der Waals surface area contributed by atoms with E-state index in [9.17, 15) is 15.0 Å². The molecule has 128 valence electrons. The highest BCUT2D eigenvalue weighted by atomic mass is 16.3. The number of ketones is 1. The van der Waals surface area contributed by atoms with Crippen molar-refractivity contribution in [1.29, 1.82) is 0 Å². The van der Waals surface area contributed by atoms with E-state index in [0.717, 1.165) is 32.1 Å². The van der Waals surface area contributed by atoms with Crippen LogP contribution in [-0.4, -0.2) is 29.2 Å². The molecule has 0 radical (unpaired) electrons. The van der Waals surface area contributed by atoms with Crippen molar-refractivity contribution in [2.75, 3.05) is 13.2 Å². The van der Waals surface area contributed by atoms with Crippen LogP contribution in [0.2, 0.25) is 0 Å². The van der Waals surface area contributed by atoms with Gasteiger partial charge >= 0.3 is 0 Å². The third-order valence-corrected chi connectivity index (χ3v) is 8.29. The quantitative estimate of drug-likeness (QED) is 0.769. The van der Waals surface area contributed by atoms with Crippen LogP contribution in [0.15, 0.2) is 12.2 Å². The van der Waals surface area contributed by atoms with Gasteiger partial charge in [-0.05, 0) is 61.2 Å². The minimum Gasteiger partial charge on any atom is -0.396 e. The van der Waals surface area contributed by atoms with Gasteiger partial charge in [-0.1, -0.05) is 25.5 Å². The van der Waals surface area contributed by atoms with Gasteiger partial charge in [0, 0.05) is 17.8 Å². The van der Waals surface area contributed by atoms with Crippen molar-refractivity contribution in [3.05, 3.63) is 12.2 Å². The number of rotatable bonds is 2. The van der Waals surface area contributed by atoms with E-state index in [2.05, 4.69) is 13.5 Å². The van der Waals surface area contributed by atoms with E-state index in [-0.39, 0.29) is 30.0 Å². The van der Waals surface area contributed by atoms with E-state index in [1.807, 2.05) is 0 Å². The van der Waals surface area contributed by atoms with E-state index >= 15 is 0 Å². The lowest BCUT2D eigenvalue weighted by Crippen LogP contribution is -2.62. The van der Waals surface area contributed by atoms with Crippen LogP contribution in [0.5, 0.6) is 0 Å². The molecule has 5 atom stereocenters. The van der Waals surface area contributed by atoms with Gasteiger partial charge in [0.2, 0.25) is 0 Å². The Morgan fingerprint density at radius 1 is 1.17 bits per heavy atom. The molecule has 0 saturated heterocycles. The van der Waals surface area contributed by atoms with Crippen LogP contribution in [0.1, 0.15) is 58.3 Å². The van der Waals surface area contributed by atoms with Crippen LogP contribution in [0.4, 0.5) is 0 Å². The minimum absolute atomic E-state index is 0.0609. The number of hydrogen-bond donors (Lipinski definition) is 2. The first kappa shape index (κ1) is 15.8. The smallest absolute Gasteiger partial charge is 0.137 e. The summed E-state index contributed by atoms with van der Waals surface area (Å²) in [5.74, 6) is 1.32. The molecule has 0 heterocycles. The summed E-state index contributed by atoms with van der Waals surface area (Å²) in [6, 6.07) is 0. The summed E-state index contributed by atoms with van der Waals surface area (Å²) < 4.78 is 0. The number of allylic oxidation sites excluding steroid dienone is 1. The van der Waals surface area contributed by atoms with Crippen LogP contribution in [0.3, 0.4) is 0 Å². The predicted molar refractivity (Wildman–Crippen MR) is 88.7 cm³/mol. The minimum atomic E-state index is -0.599. The normalized spacial score (nSPS) is 48.0. The van der Waals surface area contributed by atoms with Crippen molar-refractivity contribution in [1.82, 2.24) is 0 Å². The number of hydrogen-bond acceptors (Lipinski definition) is 3. The molecule has 0 amide bonds. The third-order valence-electron chi connectivity index (χ3n) is 8.29. The first-order valence-electron chi connectivity index (χ1n) is 9.33. The van der Waals surface area contributed by atoms with Gasteiger partial charge in [0.05, 0.1) is 13.2 Å². The van der Waals surface area contributed by atoms with Crippen molar-refractivity contribution in [2.45, 2.75) is 58.3 Å². The number of carbonyl (C=O) groups is 1. The van der Waals surface area contributed by atoms with E-state index in [0.29, 0.717) is 24.0 Å². The van der Waals surface area contributed by atoms with Crippen LogP contribution in [-0.2, 0) is 4.79 Å². The maximum Gasteiger partial charge on any atom is 0.137 e. The summed E-state index contributed by atoms with van der Waals surface area (Å²) in [6.07, 6.45) is 8.09. The van der Waals surface area contributed by atoms with E-state index in [1.54, 1.807) is 0 Å². The van der Waals surface area contributed by atoms with Crippen LogP contribution in [0.25, 0.3) is 0 Å². The topological polar surface area (TPSA) is 57.5 Å². The molecule has 2 N–H and O–H groups in total. The summed E-state index contributed by atoms with van der Waals surface area (Å²) in [6.45, 7) is 6.47. The number of Topliss-reactive ketones (excluding diaryl/α,β-unsaturated/α-hetero) is 1. The molecule has 0 aliphatic heterocycles. The van der Waals surface area contributed by atoms with Crippen LogP contribution in [0, 0.1) is 34.0 Å². The lowest BCUT2D eigenvalue weighted by atomic mass is 9.40. The van der Waals surface area contributed by atoms with Crippen molar-refractivity contribution >= 4 is 5.78 Å². The SMILES string of the molecule is C=C1C[C@@]23CC(=O)[C@@H]4C(CO)(CO)CCC[C@]4(C)[C@@H]2CC[C@H]1C3. The molecule has 0 unspecified atom stereocenters. The molecule has 1 spiro atoms. The molecule has 3 nitrogen and oxygen atoms in total. The van der Waals surface area contributed by atoms with E-state index in [4.69, 9.17) is 0 Å². The summed E-state index contributed by atoms with van der Waals surface area (Å²) in [5, 5.41) is 20.1. The second-order valence-electron chi connectivity index (χ2n) is 9.34. The Hall–Kier alpha value is -0.670. The fourth-order valence-electron chi connectivity index (χ4n) is 7.57. The lowest BCUT2D eigenvalue weighted by molar-refractivity contribution is -0.184. The number of fused-ring (bicyclic) bond motifs is 3. The molecule has 23 heavy (non-hydrogen) atoms. The molecule has 4 aliphatic rings. The average molecular weight is 318 g/mol. The van der Waals surface area contributed by atoms with Gasteiger partial charge in [-0.2, -0.15) is 0 Å². The Labute approximate surface area is 139 Å². The molecular weight excluding hydrogens is 288 g/mol. The standard InChI is InChI=1S/C20H30O3/c1-13-8-20-9-14(13)4-5-16(20)18(2)6-3-7-19(11-21,12-22)17(18)15(23)10-20/h14,16-17,21-22H,1,3-12H2,2H3/t14-,16-,17-,18+,20+/m0/s1. The van der Waals surface area contributed by atoms with Gasteiger partial charge in [-0.25, -0.2) is 0 Å². The highest BCUT2D eigenvalue weighted by Gasteiger charge is 2.67. The third kappa shape index (κ3) is 1.87. The van der Waals surface area contributed by atoms with Gasteiger partial charge in [0.25, 0.3) is 0 Å². The van der Waals surface area contributed by atoms with Gasteiger partial charge < -0.3 is 10.2 Å². The van der Waals surface area contributed by atoms with E-state index in [1.165, 1.54) is 18.4 Å². The summed E-state index contributed by atoms with van der Waals surface area (Å²) in [4.78, 5) is 13.3. The molecule has 0 aromatic heterocycles. The van der Waals surface area contributed by atoms with Gasteiger partial charge in [-0.15, -0.1) is 0 Å². The van der Waals surface area contributed by atoms with Crippen LogP contribution >= 0.6 is 0 Å². The predicted octanol–water partition coefficient (Wildman–Crippen LogP) is 3.10. The molecule has 0 aromatic carbocycles. The molecule has 4 saturated carbocycles.